The molecule has 6 nitrogen and oxygen atoms in total. The van der Waals surface area contributed by atoms with Crippen molar-refractivity contribution in [3.05, 3.63) is 23.9 Å². The van der Waals surface area contributed by atoms with E-state index in [0.717, 1.165) is 6.42 Å². The van der Waals surface area contributed by atoms with Gasteiger partial charge in [-0.3, -0.25) is 9.59 Å². The third-order valence-electron chi connectivity index (χ3n) is 2.55. The van der Waals surface area contributed by atoms with Gasteiger partial charge in [0.15, 0.2) is 0 Å². The van der Waals surface area contributed by atoms with E-state index in [9.17, 15) is 9.59 Å². The summed E-state index contributed by atoms with van der Waals surface area (Å²) in [5, 5.41) is 2.69. The molecule has 0 bridgehead atoms. The smallest absolute Gasteiger partial charge is 0.307 e. The van der Waals surface area contributed by atoms with Gasteiger partial charge in [-0.05, 0) is 18.6 Å². The van der Waals surface area contributed by atoms with Crippen LogP contribution < -0.4 is 10.2 Å². The molecule has 0 radical (unpaired) electrons. The molecule has 1 N–H and O–H groups in total. The second-order valence-electron chi connectivity index (χ2n) is 4.52. The molecule has 0 aliphatic heterocycles. The summed E-state index contributed by atoms with van der Waals surface area (Å²) in [5.74, 6) is 0.189. The first-order chi connectivity index (χ1) is 9.54. The molecule has 0 aromatic carbocycles. The fourth-order valence-corrected chi connectivity index (χ4v) is 1.47. The molecule has 0 spiro atoms. The normalized spacial score (nSPS) is 9.95. The number of hydrogen-bond acceptors (Lipinski definition) is 5. The highest BCUT2D eigenvalue weighted by Gasteiger charge is 2.09. The summed E-state index contributed by atoms with van der Waals surface area (Å²) < 4.78 is 4.92. The molecule has 0 aliphatic carbocycles. The molecule has 0 aliphatic rings. The lowest BCUT2D eigenvalue weighted by atomic mass is 10.2. The molecule has 1 amide bonds. The van der Waals surface area contributed by atoms with E-state index in [1.54, 1.807) is 18.3 Å². The summed E-state index contributed by atoms with van der Waals surface area (Å²) >= 11 is 0. The van der Waals surface area contributed by atoms with E-state index in [1.165, 1.54) is 0 Å². The Morgan fingerprint density at radius 2 is 2.15 bits per heavy atom. The number of anilines is 1. The van der Waals surface area contributed by atoms with Crippen molar-refractivity contribution < 1.29 is 14.3 Å². The second kappa shape index (κ2) is 8.14. The zero-order chi connectivity index (χ0) is 15.0. The number of pyridine rings is 1. The van der Waals surface area contributed by atoms with Crippen LogP contribution >= 0.6 is 0 Å². The second-order valence-corrected chi connectivity index (χ2v) is 4.52. The summed E-state index contributed by atoms with van der Waals surface area (Å²) in [6.07, 6.45) is 2.56. The van der Waals surface area contributed by atoms with Gasteiger partial charge in [0.05, 0.1) is 13.0 Å². The van der Waals surface area contributed by atoms with E-state index in [-0.39, 0.29) is 24.8 Å². The lowest BCUT2D eigenvalue weighted by Gasteiger charge is -2.12. The SMILES string of the molecule is CCCOC(=O)CCNC(=O)c1ccnc(N(C)C)c1. The Balaban J connectivity index is 2.43. The van der Waals surface area contributed by atoms with Crippen molar-refractivity contribution in [2.75, 3.05) is 32.1 Å². The molecule has 20 heavy (non-hydrogen) atoms. The summed E-state index contributed by atoms with van der Waals surface area (Å²) in [6.45, 7) is 2.62. The molecule has 0 saturated heterocycles. The molecule has 0 fully saturated rings. The summed E-state index contributed by atoms with van der Waals surface area (Å²) in [4.78, 5) is 29.1. The molecule has 6 heteroatoms. The Labute approximate surface area is 119 Å². The van der Waals surface area contributed by atoms with Crippen LogP contribution in [0.4, 0.5) is 5.82 Å². The van der Waals surface area contributed by atoms with Crippen LogP contribution in [0.25, 0.3) is 0 Å². The summed E-state index contributed by atoms with van der Waals surface area (Å²) in [7, 11) is 3.71. The molecule has 0 saturated carbocycles. The average molecular weight is 279 g/mol. The van der Waals surface area contributed by atoms with Crippen LogP contribution in [0.1, 0.15) is 30.1 Å². The van der Waals surface area contributed by atoms with Crippen molar-refractivity contribution in [2.24, 2.45) is 0 Å². The zero-order valence-corrected chi connectivity index (χ0v) is 12.2. The molecule has 1 aromatic heterocycles. The first kappa shape index (κ1) is 15.9. The van der Waals surface area contributed by atoms with Gasteiger partial charge in [0.2, 0.25) is 0 Å². The lowest BCUT2D eigenvalue weighted by Crippen LogP contribution is -2.27. The number of esters is 1. The number of aromatic nitrogens is 1. The first-order valence-electron chi connectivity index (χ1n) is 6.61. The number of nitrogens with one attached hydrogen (secondary N) is 1. The van der Waals surface area contributed by atoms with Crippen LogP contribution in [-0.2, 0) is 9.53 Å². The predicted molar refractivity (Wildman–Crippen MR) is 76.8 cm³/mol. The highest BCUT2D eigenvalue weighted by atomic mass is 16.5. The molecule has 0 atom stereocenters. The quantitative estimate of drug-likeness (QED) is 0.760. The number of carbonyl (C=O) groups is 2. The minimum Gasteiger partial charge on any atom is -0.466 e. The maximum absolute atomic E-state index is 11.9. The van der Waals surface area contributed by atoms with Gasteiger partial charge in [0, 0.05) is 32.4 Å². The van der Waals surface area contributed by atoms with Crippen LogP contribution in [0.2, 0.25) is 0 Å². The van der Waals surface area contributed by atoms with Crippen molar-refractivity contribution in [1.29, 1.82) is 0 Å². The Kier molecular flexibility index (Phi) is 6.49. The molecular formula is C14H21N3O3. The topological polar surface area (TPSA) is 71.5 Å². The molecule has 1 rings (SSSR count). The van der Waals surface area contributed by atoms with Crippen molar-refractivity contribution in [3.63, 3.8) is 0 Å². The van der Waals surface area contributed by atoms with Crippen molar-refractivity contribution in [1.82, 2.24) is 10.3 Å². The predicted octanol–water partition coefficient (Wildman–Crippen LogP) is 1.22. The van der Waals surface area contributed by atoms with Gasteiger partial charge in [-0.1, -0.05) is 6.92 Å². The van der Waals surface area contributed by atoms with E-state index in [4.69, 9.17) is 4.74 Å². The van der Waals surface area contributed by atoms with Crippen molar-refractivity contribution >= 4 is 17.7 Å². The molecule has 110 valence electrons. The molecule has 1 heterocycles. The van der Waals surface area contributed by atoms with Gasteiger partial charge in [-0.25, -0.2) is 4.98 Å². The number of ether oxygens (including phenoxy) is 1. The van der Waals surface area contributed by atoms with E-state index < -0.39 is 0 Å². The van der Waals surface area contributed by atoms with Gasteiger partial charge in [-0.2, -0.15) is 0 Å². The third kappa shape index (κ3) is 5.26. The van der Waals surface area contributed by atoms with E-state index >= 15 is 0 Å². The number of nitrogens with zero attached hydrogens (tertiary/aromatic N) is 2. The van der Waals surface area contributed by atoms with Crippen molar-refractivity contribution in [3.8, 4) is 0 Å². The van der Waals surface area contributed by atoms with E-state index in [2.05, 4.69) is 10.3 Å². The van der Waals surface area contributed by atoms with Crippen LogP contribution in [0, 0.1) is 0 Å². The Morgan fingerprint density at radius 1 is 1.40 bits per heavy atom. The number of amides is 1. The molecular weight excluding hydrogens is 258 g/mol. The van der Waals surface area contributed by atoms with Crippen LogP contribution in [-0.4, -0.2) is 44.1 Å². The lowest BCUT2D eigenvalue weighted by molar-refractivity contribution is -0.143. The van der Waals surface area contributed by atoms with Crippen LogP contribution in [0.5, 0.6) is 0 Å². The minimum atomic E-state index is -0.296. The maximum atomic E-state index is 11.9. The zero-order valence-electron chi connectivity index (χ0n) is 12.2. The highest BCUT2D eigenvalue weighted by molar-refractivity contribution is 5.94. The highest BCUT2D eigenvalue weighted by Crippen LogP contribution is 2.09. The van der Waals surface area contributed by atoms with Gasteiger partial charge >= 0.3 is 5.97 Å². The van der Waals surface area contributed by atoms with Gasteiger partial charge in [-0.15, -0.1) is 0 Å². The molecule has 1 aromatic rings. The minimum absolute atomic E-state index is 0.178. The largest absolute Gasteiger partial charge is 0.466 e. The number of rotatable bonds is 7. The maximum Gasteiger partial charge on any atom is 0.307 e. The van der Waals surface area contributed by atoms with E-state index in [1.807, 2.05) is 25.9 Å². The fraction of sp³-hybridized carbons (Fsp3) is 0.500. The number of hydrogen-bond donors (Lipinski definition) is 1. The summed E-state index contributed by atoms with van der Waals surface area (Å²) in [6, 6.07) is 3.34. The average Bonchev–Trinajstić information content (AvgIpc) is 2.45. The monoisotopic (exact) mass is 279 g/mol. The Bertz CT molecular complexity index is 461. The van der Waals surface area contributed by atoms with Crippen molar-refractivity contribution in [2.45, 2.75) is 19.8 Å². The molecule has 0 unspecified atom stereocenters. The van der Waals surface area contributed by atoms with E-state index in [0.29, 0.717) is 18.0 Å². The number of carbonyl (C=O) groups excluding carboxylic acids is 2. The summed E-state index contributed by atoms with van der Waals surface area (Å²) in [5.41, 5.74) is 0.519. The van der Waals surface area contributed by atoms with Crippen LogP contribution in [0.3, 0.4) is 0 Å². The van der Waals surface area contributed by atoms with Gasteiger partial charge in [0.25, 0.3) is 5.91 Å². The van der Waals surface area contributed by atoms with Gasteiger partial charge in [0.1, 0.15) is 5.82 Å². The third-order valence-corrected chi connectivity index (χ3v) is 2.55. The Hall–Kier alpha value is -2.11. The van der Waals surface area contributed by atoms with Crippen LogP contribution in [0.15, 0.2) is 18.3 Å². The first-order valence-corrected chi connectivity index (χ1v) is 6.61. The Morgan fingerprint density at radius 3 is 2.80 bits per heavy atom. The fourth-order valence-electron chi connectivity index (χ4n) is 1.47. The standard InChI is InChI=1S/C14H21N3O3/c1-4-9-20-13(18)6-8-16-14(19)11-5-7-15-12(10-11)17(2)3/h5,7,10H,4,6,8-9H2,1-3H3,(H,16,19). The van der Waals surface area contributed by atoms with Gasteiger partial charge < -0.3 is 15.0 Å².